The van der Waals surface area contributed by atoms with Crippen LogP contribution in [0.3, 0.4) is 0 Å². The van der Waals surface area contributed by atoms with Crippen LogP contribution in [0.25, 0.3) is 0 Å². The van der Waals surface area contributed by atoms with Crippen molar-refractivity contribution >= 4 is 12.2 Å². The maximum atomic E-state index is 12.0. The number of benzene rings is 1. The minimum atomic E-state index is -0.319. The van der Waals surface area contributed by atoms with Gasteiger partial charge < -0.3 is 9.94 Å². The number of carbonyl (C=O) groups excluding carboxylic acids is 1. The van der Waals surface area contributed by atoms with Crippen LogP contribution in [0, 0.1) is 5.41 Å². The molecule has 0 radical (unpaired) electrons. The molecule has 1 aromatic carbocycles. The summed E-state index contributed by atoms with van der Waals surface area (Å²) in [5.41, 5.74) is 0.662. The van der Waals surface area contributed by atoms with Gasteiger partial charge in [-0.15, -0.1) is 5.16 Å². The molecule has 1 aliphatic carbocycles. The first-order valence-electron chi connectivity index (χ1n) is 7.12. The number of carbonyl (C=O) groups is 1. The molecule has 0 bridgehead atoms. The molecule has 1 aliphatic rings. The number of nitrogens with zero attached hydrogens (tertiary/aromatic N) is 1. The Labute approximate surface area is 119 Å². The highest BCUT2D eigenvalue weighted by atomic mass is 16.5. The monoisotopic (exact) mass is 275 g/mol. The number of oxime groups is 1. The van der Waals surface area contributed by atoms with Crippen LogP contribution in [0.2, 0.25) is 0 Å². The highest BCUT2D eigenvalue weighted by Gasteiger charge is 2.33. The SMILES string of the molecule is O=C(CC1(C=NO)CCCCC1)OCc1ccccc1. The average molecular weight is 275 g/mol. The molecule has 108 valence electrons. The molecule has 0 saturated heterocycles. The van der Waals surface area contributed by atoms with Gasteiger partial charge in [-0.25, -0.2) is 0 Å². The second-order valence-corrected chi connectivity index (χ2v) is 5.49. The molecule has 1 N–H and O–H groups in total. The smallest absolute Gasteiger partial charge is 0.307 e. The summed E-state index contributed by atoms with van der Waals surface area (Å²) in [5.74, 6) is -0.226. The lowest BCUT2D eigenvalue weighted by Gasteiger charge is -2.32. The van der Waals surface area contributed by atoms with Crippen LogP contribution < -0.4 is 0 Å². The molecular weight excluding hydrogens is 254 g/mol. The summed E-state index contributed by atoms with van der Waals surface area (Å²) in [5, 5.41) is 12.0. The first-order chi connectivity index (χ1) is 9.74. The minimum absolute atomic E-state index is 0.226. The second kappa shape index (κ2) is 7.08. The third-order valence-corrected chi connectivity index (χ3v) is 3.92. The zero-order valence-corrected chi connectivity index (χ0v) is 11.6. The summed E-state index contributed by atoms with van der Waals surface area (Å²) >= 11 is 0. The molecule has 2 rings (SSSR count). The average Bonchev–Trinajstić information content (AvgIpc) is 2.47. The highest BCUT2D eigenvalue weighted by Crippen LogP contribution is 2.38. The van der Waals surface area contributed by atoms with Crippen LogP contribution in [-0.2, 0) is 16.1 Å². The lowest BCUT2D eigenvalue weighted by Crippen LogP contribution is -2.29. The van der Waals surface area contributed by atoms with Gasteiger partial charge in [0.2, 0.25) is 0 Å². The molecule has 4 nitrogen and oxygen atoms in total. The molecule has 1 saturated carbocycles. The number of rotatable bonds is 5. The van der Waals surface area contributed by atoms with Gasteiger partial charge in [-0.3, -0.25) is 4.79 Å². The predicted octanol–water partition coefficient (Wildman–Crippen LogP) is 3.53. The van der Waals surface area contributed by atoms with Crippen LogP contribution in [0.1, 0.15) is 44.1 Å². The number of ether oxygens (including phenoxy) is 1. The molecule has 20 heavy (non-hydrogen) atoms. The van der Waals surface area contributed by atoms with E-state index in [0.717, 1.165) is 31.2 Å². The van der Waals surface area contributed by atoms with Crippen LogP contribution in [-0.4, -0.2) is 17.4 Å². The molecule has 0 spiro atoms. The van der Waals surface area contributed by atoms with Gasteiger partial charge in [0.15, 0.2) is 0 Å². The zero-order chi connectivity index (χ0) is 14.3. The Morgan fingerprint density at radius 2 is 1.95 bits per heavy atom. The van der Waals surface area contributed by atoms with Crippen LogP contribution >= 0.6 is 0 Å². The third kappa shape index (κ3) is 4.08. The summed E-state index contributed by atoms with van der Waals surface area (Å²) in [6.07, 6.45) is 6.91. The largest absolute Gasteiger partial charge is 0.461 e. The molecule has 0 heterocycles. The Kier molecular flexibility index (Phi) is 5.16. The quantitative estimate of drug-likeness (QED) is 0.387. The molecular formula is C16H21NO3. The van der Waals surface area contributed by atoms with Crippen molar-refractivity contribution in [3.63, 3.8) is 0 Å². The predicted molar refractivity (Wildman–Crippen MR) is 76.7 cm³/mol. The van der Waals surface area contributed by atoms with Gasteiger partial charge in [-0.1, -0.05) is 49.6 Å². The van der Waals surface area contributed by atoms with E-state index >= 15 is 0 Å². The Balaban J connectivity index is 1.88. The van der Waals surface area contributed by atoms with Crippen molar-refractivity contribution < 1.29 is 14.7 Å². The summed E-state index contributed by atoms with van der Waals surface area (Å²) < 4.78 is 5.32. The summed E-state index contributed by atoms with van der Waals surface area (Å²) in [4.78, 5) is 12.0. The van der Waals surface area contributed by atoms with E-state index in [-0.39, 0.29) is 11.4 Å². The summed E-state index contributed by atoms with van der Waals surface area (Å²) in [6, 6.07) is 9.63. The lowest BCUT2D eigenvalue weighted by atomic mass is 9.73. The van der Waals surface area contributed by atoms with Crippen molar-refractivity contribution in [2.24, 2.45) is 10.6 Å². The fourth-order valence-corrected chi connectivity index (χ4v) is 2.81. The van der Waals surface area contributed by atoms with Gasteiger partial charge in [0, 0.05) is 5.41 Å². The molecule has 0 amide bonds. The van der Waals surface area contributed by atoms with Gasteiger partial charge in [0.05, 0.1) is 12.6 Å². The van der Waals surface area contributed by atoms with Gasteiger partial charge in [0.1, 0.15) is 6.61 Å². The first kappa shape index (κ1) is 14.6. The van der Waals surface area contributed by atoms with Gasteiger partial charge >= 0.3 is 5.97 Å². The third-order valence-electron chi connectivity index (χ3n) is 3.92. The van der Waals surface area contributed by atoms with Gasteiger partial charge in [-0.05, 0) is 18.4 Å². The lowest BCUT2D eigenvalue weighted by molar-refractivity contribution is -0.147. The van der Waals surface area contributed by atoms with Crippen LogP contribution in [0.4, 0.5) is 0 Å². The molecule has 0 aliphatic heterocycles. The Bertz CT molecular complexity index is 450. The minimum Gasteiger partial charge on any atom is -0.461 e. The van der Waals surface area contributed by atoms with Crippen molar-refractivity contribution in [1.82, 2.24) is 0 Å². The molecule has 0 aromatic heterocycles. The van der Waals surface area contributed by atoms with Gasteiger partial charge in [0.25, 0.3) is 0 Å². The normalized spacial score (nSPS) is 18.0. The van der Waals surface area contributed by atoms with Crippen LogP contribution in [0.5, 0.6) is 0 Å². The first-order valence-corrected chi connectivity index (χ1v) is 7.12. The standard InChI is InChI=1S/C16H21NO3/c18-15(20-12-14-7-3-1-4-8-14)11-16(13-17-19)9-5-2-6-10-16/h1,3-4,7-8,13,19H,2,5-6,9-12H2. The highest BCUT2D eigenvalue weighted by molar-refractivity contribution is 5.77. The molecule has 1 aromatic rings. The fourth-order valence-electron chi connectivity index (χ4n) is 2.81. The van der Waals surface area contributed by atoms with E-state index < -0.39 is 0 Å². The van der Waals surface area contributed by atoms with E-state index in [2.05, 4.69) is 5.16 Å². The maximum Gasteiger partial charge on any atom is 0.307 e. The van der Waals surface area contributed by atoms with Crippen molar-refractivity contribution in [2.45, 2.75) is 45.1 Å². The van der Waals surface area contributed by atoms with E-state index in [1.165, 1.54) is 12.6 Å². The van der Waals surface area contributed by atoms with E-state index in [9.17, 15) is 4.79 Å². The Morgan fingerprint density at radius 3 is 2.60 bits per heavy atom. The Hall–Kier alpha value is -1.84. The zero-order valence-electron chi connectivity index (χ0n) is 11.6. The molecule has 1 fully saturated rings. The topological polar surface area (TPSA) is 58.9 Å². The molecule has 0 unspecified atom stereocenters. The van der Waals surface area contributed by atoms with Crippen molar-refractivity contribution in [3.05, 3.63) is 35.9 Å². The number of esters is 1. The number of hydrogen-bond acceptors (Lipinski definition) is 4. The van der Waals surface area contributed by atoms with E-state index in [1.807, 2.05) is 30.3 Å². The van der Waals surface area contributed by atoms with E-state index in [0.29, 0.717) is 13.0 Å². The molecule has 0 atom stereocenters. The van der Waals surface area contributed by atoms with E-state index in [4.69, 9.17) is 9.94 Å². The van der Waals surface area contributed by atoms with Crippen molar-refractivity contribution in [2.75, 3.05) is 0 Å². The summed E-state index contributed by atoms with van der Waals surface area (Å²) in [6.45, 7) is 0.298. The second-order valence-electron chi connectivity index (χ2n) is 5.49. The number of hydrogen-bond donors (Lipinski definition) is 1. The van der Waals surface area contributed by atoms with Gasteiger partial charge in [-0.2, -0.15) is 0 Å². The fraction of sp³-hybridized carbons (Fsp3) is 0.500. The summed E-state index contributed by atoms with van der Waals surface area (Å²) in [7, 11) is 0. The van der Waals surface area contributed by atoms with Crippen molar-refractivity contribution in [1.29, 1.82) is 0 Å². The molecule has 4 heteroatoms. The Morgan fingerprint density at radius 1 is 1.25 bits per heavy atom. The van der Waals surface area contributed by atoms with Crippen molar-refractivity contribution in [3.8, 4) is 0 Å². The van der Waals surface area contributed by atoms with E-state index in [1.54, 1.807) is 0 Å². The van der Waals surface area contributed by atoms with Crippen LogP contribution in [0.15, 0.2) is 35.5 Å². The maximum absolute atomic E-state index is 12.0.